The molecule has 4 aromatic carbocycles. The molecule has 4 aromatic rings. The van der Waals surface area contributed by atoms with E-state index in [-0.39, 0.29) is 16.6 Å². The Morgan fingerprint density at radius 2 is 1.29 bits per heavy atom. The van der Waals surface area contributed by atoms with Crippen LogP contribution in [0.15, 0.2) is 84.9 Å². The maximum absolute atomic E-state index is 13.1. The second kappa shape index (κ2) is 12.9. The van der Waals surface area contributed by atoms with Crippen LogP contribution in [0.4, 0.5) is 11.4 Å². The lowest BCUT2D eigenvalue weighted by atomic mass is 10.0. The smallest absolute Gasteiger partial charge is 0.274 e. The number of hydrazine groups is 1. The molecule has 0 saturated carbocycles. The van der Waals surface area contributed by atoms with Crippen molar-refractivity contribution in [2.45, 2.75) is 6.92 Å². The molecule has 0 unspecified atom stereocenters. The van der Waals surface area contributed by atoms with E-state index in [4.69, 9.17) is 32.3 Å². The Bertz CT molecular complexity index is 1550. The number of ether oxygens (including phenoxy) is 3. The molecular weight excluding hydrogens is 540 g/mol. The number of nitrogens with one attached hydrogen (secondary N) is 2. The molecule has 0 aliphatic rings. The Hall–Kier alpha value is -4.93. The van der Waals surface area contributed by atoms with Gasteiger partial charge in [-0.1, -0.05) is 48.5 Å². The first-order valence-corrected chi connectivity index (χ1v) is 12.9. The number of nitrogens with zero attached hydrogens (tertiary/aromatic N) is 1. The van der Waals surface area contributed by atoms with Crippen LogP contribution < -0.4 is 30.7 Å². The van der Waals surface area contributed by atoms with Crippen LogP contribution in [0.2, 0.25) is 0 Å². The van der Waals surface area contributed by atoms with Gasteiger partial charge in [-0.3, -0.25) is 9.59 Å². The van der Waals surface area contributed by atoms with Crippen LogP contribution in [0.25, 0.3) is 11.1 Å². The number of hydrogen-bond donors (Lipinski definition) is 3. The van der Waals surface area contributed by atoms with E-state index < -0.39 is 5.91 Å². The van der Waals surface area contributed by atoms with E-state index in [1.807, 2.05) is 49.4 Å². The SMILES string of the molecule is COc1cc(C(=O)N(N)C(=S)Nc2cccc(NC(=O)c3ccc(-c4ccccc4)cc3)c2C)cc(OC)c1OC. The molecule has 0 aliphatic heterocycles. The molecule has 210 valence electrons. The number of nitrogens with two attached hydrogens (primary N) is 1. The van der Waals surface area contributed by atoms with Crippen molar-refractivity contribution in [3.05, 3.63) is 102 Å². The van der Waals surface area contributed by atoms with E-state index in [0.717, 1.165) is 16.1 Å². The van der Waals surface area contributed by atoms with Crippen LogP contribution in [0.1, 0.15) is 26.3 Å². The van der Waals surface area contributed by atoms with Crippen molar-refractivity contribution in [3.8, 4) is 28.4 Å². The maximum atomic E-state index is 13.1. The van der Waals surface area contributed by atoms with Crippen LogP contribution in [0.3, 0.4) is 0 Å². The minimum absolute atomic E-state index is 0.0492. The zero-order valence-corrected chi connectivity index (χ0v) is 23.9. The summed E-state index contributed by atoms with van der Waals surface area (Å²) < 4.78 is 16.0. The van der Waals surface area contributed by atoms with Crippen molar-refractivity contribution in [2.75, 3.05) is 32.0 Å². The largest absolute Gasteiger partial charge is 0.493 e. The molecule has 0 radical (unpaired) electrons. The van der Waals surface area contributed by atoms with Crippen molar-refractivity contribution in [2.24, 2.45) is 5.84 Å². The van der Waals surface area contributed by atoms with E-state index in [9.17, 15) is 9.59 Å². The second-order valence-corrected chi connectivity index (χ2v) is 9.28. The van der Waals surface area contributed by atoms with Gasteiger partial charge in [0.15, 0.2) is 16.6 Å². The number of thiocarbonyl (C=S) groups is 1. The van der Waals surface area contributed by atoms with Crippen LogP contribution in [-0.4, -0.2) is 43.3 Å². The number of anilines is 2. The Balaban J connectivity index is 1.47. The molecule has 0 spiro atoms. The van der Waals surface area contributed by atoms with Crippen LogP contribution in [0, 0.1) is 6.92 Å². The Labute approximate surface area is 243 Å². The maximum Gasteiger partial charge on any atom is 0.274 e. The minimum Gasteiger partial charge on any atom is -0.493 e. The van der Waals surface area contributed by atoms with Gasteiger partial charge < -0.3 is 24.8 Å². The fourth-order valence-electron chi connectivity index (χ4n) is 4.16. The summed E-state index contributed by atoms with van der Waals surface area (Å²) in [5, 5.41) is 6.70. The fraction of sp³-hybridized carbons (Fsp3) is 0.129. The summed E-state index contributed by atoms with van der Waals surface area (Å²) in [6.07, 6.45) is 0. The van der Waals surface area contributed by atoms with Gasteiger partial charge in [-0.2, -0.15) is 0 Å². The van der Waals surface area contributed by atoms with Gasteiger partial charge in [-0.05, 0) is 72.2 Å². The molecule has 4 N–H and O–H groups in total. The molecular formula is C31H30N4O5S. The average Bonchev–Trinajstić information content (AvgIpc) is 3.01. The number of amides is 2. The molecule has 0 saturated heterocycles. The van der Waals surface area contributed by atoms with Crippen molar-refractivity contribution in [3.63, 3.8) is 0 Å². The highest BCUT2D eigenvalue weighted by molar-refractivity contribution is 7.80. The quantitative estimate of drug-likeness (QED) is 0.108. The first-order chi connectivity index (χ1) is 19.8. The van der Waals surface area contributed by atoms with Gasteiger partial charge in [0, 0.05) is 22.5 Å². The Kier molecular flexibility index (Phi) is 9.18. The second-order valence-electron chi connectivity index (χ2n) is 8.89. The summed E-state index contributed by atoms with van der Waals surface area (Å²) >= 11 is 5.42. The van der Waals surface area contributed by atoms with Gasteiger partial charge in [0.25, 0.3) is 11.8 Å². The average molecular weight is 571 g/mol. The van der Waals surface area contributed by atoms with Crippen molar-refractivity contribution in [1.29, 1.82) is 0 Å². The van der Waals surface area contributed by atoms with Gasteiger partial charge in [-0.25, -0.2) is 10.9 Å². The lowest BCUT2D eigenvalue weighted by Crippen LogP contribution is -2.45. The molecule has 0 atom stereocenters. The standard InChI is InChI=1S/C31H30N4O5S/c1-19-24(33-29(36)22-15-13-21(14-16-22)20-9-6-5-7-10-20)11-8-12-25(19)34-31(41)35(32)30(37)23-17-26(38-2)28(40-4)27(18-23)39-3/h5-18H,32H2,1-4H3,(H,33,36)(H,34,41). The number of methoxy groups -OCH3 is 3. The predicted octanol–water partition coefficient (Wildman–Crippen LogP) is 5.65. The van der Waals surface area contributed by atoms with E-state index in [0.29, 0.717) is 39.8 Å². The molecule has 0 heterocycles. The molecule has 0 aliphatic carbocycles. The van der Waals surface area contributed by atoms with E-state index in [1.54, 1.807) is 30.3 Å². The zero-order valence-electron chi connectivity index (χ0n) is 23.1. The lowest BCUT2D eigenvalue weighted by Gasteiger charge is -2.21. The molecule has 10 heteroatoms. The summed E-state index contributed by atoms with van der Waals surface area (Å²) in [6, 6.07) is 25.6. The number of benzene rings is 4. The summed E-state index contributed by atoms with van der Waals surface area (Å²) in [5.74, 6) is 6.19. The Morgan fingerprint density at radius 3 is 1.85 bits per heavy atom. The van der Waals surface area contributed by atoms with Gasteiger partial charge >= 0.3 is 0 Å². The molecule has 4 rings (SSSR count). The normalized spacial score (nSPS) is 10.4. The third-order valence-corrected chi connectivity index (χ3v) is 6.73. The molecule has 0 fully saturated rings. The summed E-state index contributed by atoms with van der Waals surface area (Å²) in [6.45, 7) is 1.82. The molecule has 9 nitrogen and oxygen atoms in total. The van der Waals surface area contributed by atoms with E-state index >= 15 is 0 Å². The molecule has 0 aromatic heterocycles. The highest BCUT2D eigenvalue weighted by atomic mass is 32.1. The van der Waals surface area contributed by atoms with Crippen LogP contribution in [0.5, 0.6) is 17.2 Å². The van der Waals surface area contributed by atoms with Crippen LogP contribution >= 0.6 is 12.2 Å². The molecule has 2 amide bonds. The topological polar surface area (TPSA) is 115 Å². The van der Waals surface area contributed by atoms with E-state index in [1.165, 1.54) is 33.5 Å². The number of hydrogen-bond acceptors (Lipinski definition) is 7. The number of rotatable bonds is 8. The lowest BCUT2D eigenvalue weighted by molar-refractivity contribution is 0.0848. The summed E-state index contributed by atoms with van der Waals surface area (Å²) in [7, 11) is 4.37. The third-order valence-electron chi connectivity index (χ3n) is 6.43. The molecule has 0 bridgehead atoms. The van der Waals surface area contributed by atoms with Crippen molar-refractivity contribution < 1.29 is 23.8 Å². The minimum atomic E-state index is -0.595. The highest BCUT2D eigenvalue weighted by Crippen LogP contribution is 2.38. The zero-order chi connectivity index (χ0) is 29.5. The van der Waals surface area contributed by atoms with Crippen molar-refractivity contribution >= 4 is 40.5 Å². The van der Waals surface area contributed by atoms with Gasteiger partial charge in [-0.15, -0.1) is 0 Å². The summed E-state index contributed by atoms with van der Waals surface area (Å²) in [4.78, 5) is 26.1. The molecule has 41 heavy (non-hydrogen) atoms. The van der Waals surface area contributed by atoms with E-state index in [2.05, 4.69) is 10.6 Å². The first kappa shape index (κ1) is 29.1. The van der Waals surface area contributed by atoms with Crippen LogP contribution in [-0.2, 0) is 0 Å². The number of carbonyl (C=O) groups is 2. The van der Waals surface area contributed by atoms with Gasteiger partial charge in [0.2, 0.25) is 5.75 Å². The first-order valence-electron chi connectivity index (χ1n) is 12.5. The predicted molar refractivity (Wildman–Crippen MR) is 164 cm³/mol. The third kappa shape index (κ3) is 6.46. The fourth-order valence-corrected chi connectivity index (χ4v) is 4.35. The van der Waals surface area contributed by atoms with Crippen molar-refractivity contribution in [1.82, 2.24) is 5.01 Å². The van der Waals surface area contributed by atoms with Gasteiger partial charge in [0.05, 0.1) is 21.3 Å². The van der Waals surface area contributed by atoms with Gasteiger partial charge in [0.1, 0.15) is 0 Å². The Morgan fingerprint density at radius 1 is 0.732 bits per heavy atom. The summed E-state index contributed by atoms with van der Waals surface area (Å²) in [5.41, 5.74) is 4.64. The monoisotopic (exact) mass is 570 g/mol. The highest BCUT2D eigenvalue weighted by Gasteiger charge is 2.22. The number of carbonyl (C=O) groups excluding carboxylic acids is 2.